The third-order valence-corrected chi connectivity index (χ3v) is 26.3. The van der Waals surface area contributed by atoms with Gasteiger partial charge < -0.3 is 73.1 Å². The zero-order valence-corrected chi connectivity index (χ0v) is 78.2. The van der Waals surface area contributed by atoms with E-state index in [-0.39, 0.29) is 12.1 Å². The second-order valence-electron chi connectivity index (χ2n) is 36.2. The van der Waals surface area contributed by atoms with Gasteiger partial charge in [0.2, 0.25) is 0 Å². The van der Waals surface area contributed by atoms with E-state index in [2.05, 4.69) is 305 Å². The highest BCUT2D eigenvalue weighted by atomic mass is 16.2. The van der Waals surface area contributed by atoms with Gasteiger partial charge in [-0.15, -0.1) is 0 Å². The van der Waals surface area contributed by atoms with E-state index < -0.39 is 0 Å². The lowest BCUT2D eigenvalue weighted by molar-refractivity contribution is 0.209. The highest BCUT2D eigenvalue weighted by Crippen LogP contribution is 2.47. The van der Waals surface area contributed by atoms with Gasteiger partial charge in [-0.1, -0.05) is 144 Å². The van der Waals surface area contributed by atoms with Gasteiger partial charge in [0, 0.05) is 201 Å². The predicted octanol–water partition coefficient (Wildman–Crippen LogP) is 23.6. The number of H-pyrrole nitrogens is 4. The van der Waals surface area contributed by atoms with Crippen LogP contribution in [0, 0.1) is 83.1 Å². The number of aromatic nitrogens is 8. The molecule has 14 aromatic rings. The van der Waals surface area contributed by atoms with Crippen molar-refractivity contribution < 1.29 is 9.59 Å². The molecule has 19 rings (SSSR count). The number of nitrogen functional groups attached to an aromatic ring is 2. The first-order valence-electron chi connectivity index (χ1n) is 46.5. The number of nitrogens with one attached hydrogen (secondary N) is 10. The molecular weight excluding hydrogens is 1650 g/mol. The summed E-state index contributed by atoms with van der Waals surface area (Å²) in [6.45, 7) is 32.3. The van der Waals surface area contributed by atoms with Crippen LogP contribution in [0.25, 0.3) is 182 Å². The summed E-state index contributed by atoms with van der Waals surface area (Å²) in [6, 6.07) is 66.7. The van der Waals surface area contributed by atoms with E-state index in [1.807, 2.05) is 82.6 Å². The van der Waals surface area contributed by atoms with Crippen LogP contribution in [-0.4, -0.2) is 140 Å². The lowest BCUT2D eigenvalue weighted by Gasteiger charge is -2.25. The van der Waals surface area contributed by atoms with Gasteiger partial charge in [-0.05, 0) is 271 Å². The Bertz CT molecular complexity index is 6920. The molecule has 672 valence electrons. The third-order valence-electron chi connectivity index (χ3n) is 26.3. The van der Waals surface area contributed by atoms with E-state index in [1.165, 1.54) is 22.3 Å². The molecule has 1 saturated heterocycles. The van der Waals surface area contributed by atoms with Gasteiger partial charge in [-0.2, -0.15) is 0 Å². The standard InChI is InChI=1S/C114H114N18O2/c1-65-57-69(5)101(70(6)58-65)109-93-37-29-85(121-93)105(77-21-13-17-25-81(77)115)86-30-38-94(122-86)110(102-71(7)59-66(2)60-72(102)8)98-42-34-90(126-98)107(89-33-41-97(109)125-89)79-23-15-19-27-83(79)129-113(133)131-53-49-117-45-47-119-51-55-132(56-52-120-48-46-118-50-54-131)114(134)130-84-28-20-16-24-80(84)108-91-35-43-99(127-91)111(103-73(9)61-67(3)62-74(103)10)95-39-31-87(123-95)106(78-22-14-18-26-82(78)116)88-32-40-96(124-88)112(100-44-36-92(108)128-100)104-75(11)63-68(4)64-76(104)12/h13-44,57-64,117-121,123,126,128H,45-56,115-116H2,1-12H3,(H,129,133)(H,130,134). The van der Waals surface area contributed by atoms with Crippen molar-refractivity contribution in [3.8, 4) is 89.0 Å². The van der Waals surface area contributed by atoms with Crippen LogP contribution in [0.2, 0.25) is 0 Å². The maximum absolute atomic E-state index is 15.4. The molecule has 134 heavy (non-hydrogen) atoms. The van der Waals surface area contributed by atoms with Gasteiger partial charge in [0.25, 0.3) is 0 Å². The quantitative estimate of drug-likeness (QED) is 0.0570. The molecule has 5 aliphatic heterocycles. The van der Waals surface area contributed by atoms with Crippen molar-refractivity contribution in [2.75, 3.05) is 101 Å². The number of urea groups is 2. The Morgan fingerprint density at radius 3 is 0.694 bits per heavy atom. The summed E-state index contributed by atoms with van der Waals surface area (Å²) in [4.78, 5) is 73.0. The van der Waals surface area contributed by atoms with Crippen molar-refractivity contribution >= 4 is 128 Å². The Kier molecular flexibility index (Phi) is 24.8. The number of anilines is 4. The average molecular weight is 1770 g/mol. The van der Waals surface area contributed by atoms with Crippen molar-refractivity contribution in [3.05, 3.63) is 306 Å². The lowest BCUT2D eigenvalue weighted by Crippen LogP contribution is -2.46. The van der Waals surface area contributed by atoms with Crippen LogP contribution in [0.15, 0.2) is 194 Å². The number of amides is 4. The maximum atomic E-state index is 15.4. The van der Waals surface area contributed by atoms with Crippen molar-refractivity contribution in [3.63, 3.8) is 0 Å². The number of para-hydroxylation sites is 4. The van der Waals surface area contributed by atoms with Crippen LogP contribution in [-0.2, 0) is 0 Å². The number of nitrogens with two attached hydrogens (primary N) is 2. The Morgan fingerprint density at radius 2 is 0.455 bits per heavy atom. The molecule has 0 unspecified atom stereocenters. The number of carbonyl (C=O) groups excluding carboxylic acids is 2. The Hall–Kier alpha value is -15.1. The van der Waals surface area contributed by atoms with E-state index in [9.17, 15) is 0 Å². The van der Waals surface area contributed by atoms with Crippen LogP contribution in [0.4, 0.5) is 32.3 Å². The molecule has 20 heteroatoms. The molecule has 0 aliphatic carbocycles. The van der Waals surface area contributed by atoms with Gasteiger partial charge in [-0.3, -0.25) is 0 Å². The van der Waals surface area contributed by atoms with E-state index in [0.29, 0.717) is 101 Å². The molecule has 0 saturated carbocycles. The van der Waals surface area contributed by atoms with Crippen LogP contribution >= 0.6 is 0 Å². The summed E-state index contributed by atoms with van der Waals surface area (Å²) in [6.07, 6.45) is 16.9. The third kappa shape index (κ3) is 17.6. The molecule has 6 aromatic heterocycles. The number of aryl methyl sites for hydroxylation is 12. The second-order valence-corrected chi connectivity index (χ2v) is 36.2. The molecule has 0 spiro atoms. The van der Waals surface area contributed by atoms with Crippen molar-refractivity contribution in [2.45, 2.75) is 83.1 Å². The van der Waals surface area contributed by atoms with E-state index in [0.717, 1.165) is 223 Å². The Labute approximate surface area is 782 Å². The first-order chi connectivity index (χ1) is 65.0. The zero-order valence-electron chi connectivity index (χ0n) is 78.2. The molecule has 0 radical (unpaired) electrons. The molecule has 8 aromatic carbocycles. The largest absolute Gasteiger partial charge is 0.398 e. The molecule has 14 N–H and O–H groups in total. The summed E-state index contributed by atoms with van der Waals surface area (Å²) in [5, 5.41) is 21.4. The number of nitrogens with zero attached hydrogens (tertiary/aromatic N) is 6. The number of hydrogen-bond acceptors (Lipinski definition) is 12. The molecule has 5 aliphatic rings. The fourth-order valence-corrected chi connectivity index (χ4v) is 20.7. The van der Waals surface area contributed by atoms with E-state index in [1.54, 1.807) is 0 Å². The van der Waals surface area contributed by atoms with Crippen molar-refractivity contribution in [1.82, 2.24) is 70.9 Å². The predicted molar refractivity (Wildman–Crippen MR) is 560 cm³/mol. The van der Waals surface area contributed by atoms with Crippen LogP contribution in [0.5, 0.6) is 0 Å². The number of rotatable bonds is 10. The van der Waals surface area contributed by atoms with Gasteiger partial charge in [0.15, 0.2) is 0 Å². The molecule has 1 fully saturated rings. The minimum absolute atomic E-state index is 0.232. The maximum Gasteiger partial charge on any atom is 0.321 e. The second kappa shape index (κ2) is 37.7. The average Bonchev–Trinajstić information content (AvgIpc) is 1.60. The minimum atomic E-state index is -0.232. The highest BCUT2D eigenvalue weighted by molar-refractivity contribution is 6.08. The fraction of sp³-hybridized carbons (Fsp3) is 0.211. The SMILES string of the molecule is Cc1cc(C)c(-c2c3nc(c(-c4ccccc4NC(=O)N4CCNCCNCCN(C(=O)Nc5ccccc5-c5c6nc(c(-c7c(C)cc(C)cc7C)c7ccc([nH]7)c(-c7ccccc7N)c7nc(c(-c8c(C)cc(C)cc8C)c8ccc5[nH]8)C=C7)C=C6)CCNCCNCC4)c4ccc([nH]4)c(-c4c(C)cc(C)cc4C)c4nc(c(-c5ccccc5N)c5ccc2[nH]5)C=C4)C=C3)c(C)c1. The number of benzene rings is 8. The van der Waals surface area contributed by atoms with Gasteiger partial charge in [0.05, 0.1) is 56.9 Å². The summed E-state index contributed by atoms with van der Waals surface area (Å²) < 4.78 is 0. The first-order valence-corrected chi connectivity index (χ1v) is 46.5. The lowest BCUT2D eigenvalue weighted by atomic mass is 9.92. The molecule has 16 bridgehead atoms. The summed E-state index contributed by atoms with van der Waals surface area (Å²) in [7, 11) is 0. The van der Waals surface area contributed by atoms with Crippen LogP contribution in [0.3, 0.4) is 0 Å². The summed E-state index contributed by atoms with van der Waals surface area (Å²) in [5.74, 6) is 0. The molecule has 11 heterocycles. The number of hydrogen-bond donors (Lipinski definition) is 12. The number of fused-ring (bicyclic) bond motifs is 16. The smallest absolute Gasteiger partial charge is 0.321 e. The molecule has 4 amide bonds. The van der Waals surface area contributed by atoms with Crippen LogP contribution < -0.4 is 43.4 Å². The van der Waals surface area contributed by atoms with Crippen molar-refractivity contribution in [2.24, 2.45) is 0 Å². The van der Waals surface area contributed by atoms with Gasteiger partial charge in [0.1, 0.15) is 0 Å². The monoisotopic (exact) mass is 1770 g/mol. The van der Waals surface area contributed by atoms with Gasteiger partial charge >= 0.3 is 12.1 Å². The highest BCUT2D eigenvalue weighted by Gasteiger charge is 2.29. The van der Waals surface area contributed by atoms with E-state index >= 15 is 9.59 Å². The number of carbonyl (C=O) groups is 2. The van der Waals surface area contributed by atoms with Gasteiger partial charge in [-0.25, -0.2) is 29.5 Å². The van der Waals surface area contributed by atoms with E-state index in [4.69, 9.17) is 31.4 Å². The first kappa shape index (κ1) is 88.2. The topological polar surface area (TPSA) is 280 Å². The molecular formula is C114H114N18O2. The zero-order chi connectivity index (χ0) is 92.7. The summed E-state index contributed by atoms with van der Waals surface area (Å²) in [5.41, 5.74) is 58.0. The summed E-state index contributed by atoms with van der Waals surface area (Å²) >= 11 is 0. The molecule has 20 nitrogen and oxygen atoms in total. The fourth-order valence-electron chi connectivity index (χ4n) is 20.7. The minimum Gasteiger partial charge on any atom is -0.398 e. The Balaban J connectivity index is 0.615. The molecule has 0 atom stereocenters. The normalized spacial score (nSPS) is 13.9. The number of aromatic amines is 4. The Morgan fingerprint density at radius 1 is 0.254 bits per heavy atom. The van der Waals surface area contributed by atoms with Crippen molar-refractivity contribution in [1.29, 1.82) is 0 Å². The van der Waals surface area contributed by atoms with Crippen LogP contribution in [0.1, 0.15) is 112 Å².